The van der Waals surface area contributed by atoms with E-state index in [-0.39, 0.29) is 5.78 Å². The third-order valence-corrected chi connectivity index (χ3v) is 4.23. The molecular formula is C21H30O3. The van der Waals surface area contributed by atoms with Crippen molar-refractivity contribution in [1.82, 2.24) is 0 Å². The fourth-order valence-electron chi connectivity index (χ4n) is 2.73. The number of rotatable bonds is 13. The van der Waals surface area contributed by atoms with Gasteiger partial charge in [-0.15, -0.1) is 0 Å². The topological polar surface area (TPSA) is 54.4 Å². The van der Waals surface area contributed by atoms with Crippen LogP contribution in [0.3, 0.4) is 0 Å². The molecule has 1 aromatic rings. The molecule has 132 valence electrons. The molecular weight excluding hydrogens is 300 g/mol. The van der Waals surface area contributed by atoms with Crippen LogP contribution in [-0.4, -0.2) is 16.9 Å². The van der Waals surface area contributed by atoms with Crippen LogP contribution in [0.4, 0.5) is 0 Å². The lowest BCUT2D eigenvalue weighted by atomic mass is 9.95. The summed E-state index contributed by atoms with van der Waals surface area (Å²) in [5, 5.41) is 9.29. The number of allylic oxidation sites excluding steroid dienone is 1. The molecule has 0 radical (unpaired) electrons. The Morgan fingerprint density at radius 3 is 2.12 bits per heavy atom. The van der Waals surface area contributed by atoms with Gasteiger partial charge in [-0.05, 0) is 18.1 Å². The van der Waals surface area contributed by atoms with Crippen LogP contribution in [0.2, 0.25) is 0 Å². The van der Waals surface area contributed by atoms with Crippen molar-refractivity contribution in [2.45, 2.75) is 64.7 Å². The first-order chi connectivity index (χ1) is 11.6. The molecule has 0 amide bonds. The lowest BCUT2D eigenvalue weighted by Gasteiger charge is -2.09. The summed E-state index contributed by atoms with van der Waals surface area (Å²) in [5.74, 6) is -2.24. The highest BCUT2D eigenvalue weighted by Gasteiger charge is 2.23. The summed E-state index contributed by atoms with van der Waals surface area (Å²) >= 11 is 0. The van der Waals surface area contributed by atoms with Gasteiger partial charge in [0, 0.05) is 0 Å². The predicted molar refractivity (Wildman–Crippen MR) is 98.8 cm³/mol. The van der Waals surface area contributed by atoms with Crippen LogP contribution in [0, 0.1) is 5.92 Å². The molecule has 1 aromatic carbocycles. The maximum atomic E-state index is 12.1. The molecule has 0 aromatic heterocycles. The number of carboxylic acids is 1. The zero-order valence-electron chi connectivity index (χ0n) is 14.7. The molecule has 3 nitrogen and oxygen atoms in total. The van der Waals surface area contributed by atoms with Crippen LogP contribution in [-0.2, 0) is 9.59 Å². The molecule has 3 heteroatoms. The number of aliphatic carboxylic acids is 1. The van der Waals surface area contributed by atoms with Gasteiger partial charge in [0.25, 0.3) is 0 Å². The second-order valence-corrected chi connectivity index (χ2v) is 6.30. The van der Waals surface area contributed by atoms with Gasteiger partial charge in [0.05, 0.1) is 0 Å². The molecule has 0 spiro atoms. The molecule has 0 saturated carbocycles. The van der Waals surface area contributed by atoms with Crippen molar-refractivity contribution in [2.24, 2.45) is 5.92 Å². The number of carbonyl (C=O) groups excluding carboxylic acids is 1. The summed E-state index contributed by atoms with van der Waals surface area (Å²) in [7, 11) is 0. The van der Waals surface area contributed by atoms with Crippen LogP contribution < -0.4 is 0 Å². The van der Waals surface area contributed by atoms with E-state index in [4.69, 9.17) is 0 Å². The Kier molecular flexibility index (Phi) is 10.5. The minimum absolute atomic E-state index is 0.311. The molecule has 0 aliphatic carbocycles. The predicted octanol–water partition coefficient (Wildman–Crippen LogP) is 5.50. The number of carbonyl (C=O) groups is 2. The lowest BCUT2D eigenvalue weighted by molar-refractivity contribution is -0.145. The highest BCUT2D eigenvalue weighted by molar-refractivity contribution is 6.06. The molecule has 0 aliphatic rings. The third kappa shape index (κ3) is 8.66. The van der Waals surface area contributed by atoms with Crippen molar-refractivity contribution in [3.63, 3.8) is 0 Å². The second-order valence-electron chi connectivity index (χ2n) is 6.30. The van der Waals surface area contributed by atoms with Crippen LogP contribution >= 0.6 is 0 Å². The molecule has 1 atom stereocenters. The largest absolute Gasteiger partial charge is 0.481 e. The zero-order chi connectivity index (χ0) is 17.6. The fraction of sp³-hybridized carbons (Fsp3) is 0.524. The third-order valence-electron chi connectivity index (χ3n) is 4.23. The van der Waals surface area contributed by atoms with Gasteiger partial charge >= 0.3 is 5.97 Å². The number of unbranched alkanes of at least 4 members (excludes halogenated alkanes) is 7. The SMILES string of the molecule is CCCCCCCCCCC(C(=O)O)C(=O)C=Cc1ccccc1. The number of benzene rings is 1. The maximum Gasteiger partial charge on any atom is 0.314 e. The minimum atomic E-state index is -1.01. The fourth-order valence-corrected chi connectivity index (χ4v) is 2.73. The summed E-state index contributed by atoms with van der Waals surface area (Å²) < 4.78 is 0. The van der Waals surface area contributed by atoms with E-state index in [1.54, 1.807) is 6.08 Å². The van der Waals surface area contributed by atoms with Crippen LogP contribution in [0.25, 0.3) is 6.08 Å². The quantitative estimate of drug-likeness (QED) is 0.295. The van der Waals surface area contributed by atoms with Gasteiger partial charge in [0.15, 0.2) is 5.78 Å². The molecule has 1 unspecified atom stereocenters. The van der Waals surface area contributed by atoms with Crippen LogP contribution in [0.15, 0.2) is 36.4 Å². The van der Waals surface area contributed by atoms with Crippen LogP contribution in [0.1, 0.15) is 70.3 Å². The van der Waals surface area contributed by atoms with E-state index in [1.165, 1.54) is 38.2 Å². The molecule has 0 aliphatic heterocycles. The lowest BCUT2D eigenvalue weighted by Crippen LogP contribution is -2.22. The molecule has 0 heterocycles. The van der Waals surface area contributed by atoms with Gasteiger partial charge in [0.1, 0.15) is 5.92 Å². The molecule has 0 fully saturated rings. The number of hydrogen-bond donors (Lipinski definition) is 1. The van der Waals surface area contributed by atoms with Crippen molar-refractivity contribution in [2.75, 3.05) is 0 Å². The number of hydrogen-bond acceptors (Lipinski definition) is 2. The highest BCUT2D eigenvalue weighted by Crippen LogP contribution is 2.15. The van der Waals surface area contributed by atoms with E-state index in [0.717, 1.165) is 24.8 Å². The minimum Gasteiger partial charge on any atom is -0.481 e. The Balaban J connectivity index is 2.31. The van der Waals surface area contributed by atoms with Gasteiger partial charge in [-0.25, -0.2) is 0 Å². The summed E-state index contributed by atoms with van der Waals surface area (Å²) in [6.45, 7) is 2.20. The normalized spacial score (nSPS) is 12.4. The second kappa shape index (κ2) is 12.5. The van der Waals surface area contributed by atoms with E-state index in [9.17, 15) is 14.7 Å². The average molecular weight is 330 g/mol. The van der Waals surface area contributed by atoms with Gasteiger partial charge in [-0.3, -0.25) is 9.59 Å². The van der Waals surface area contributed by atoms with Crippen molar-refractivity contribution < 1.29 is 14.7 Å². The van der Waals surface area contributed by atoms with Crippen molar-refractivity contribution in [3.8, 4) is 0 Å². The average Bonchev–Trinajstić information content (AvgIpc) is 2.59. The standard InChI is InChI=1S/C21H30O3/c1-2-3-4-5-6-7-8-12-15-19(21(23)24)20(22)17-16-18-13-10-9-11-14-18/h9-11,13-14,16-17,19H,2-8,12,15H2,1H3,(H,23,24). The first kappa shape index (κ1) is 20.1. The van der Waals surface area contributed by atoms with Crippen molar-refractivity contribution in [1.29, 1.82) is 0 Å². The Labute approximate surface area is 145 Å². The van der Waals surface area contributed by atoms with E-state index in [1.807, 2.05) is 30.3 Å². The molecule has 0 bridgehead atoms. The first-order valence-corrected chi connectivity index (χ1v) is 9.15. The smallest absolute Gasteiger partial charge is 0.314 e. The maximum absolute atomic E-state index is 12.1. The molecule has 1 N–H and O–H groups in total. The molecule has 24 heavy (non-hydrogen) atoms. The van der Waals surface area contributed by atoms with Gasteiger partial charge in [0.2, 0.25) is 0 Å². The molecule has 0 saturated heterocycles. The van der Waals surface area contributed by atoms with Gasteiger partial charge < -0.3 is 5.11 Å². The summed E-state index contributed by atoms with van der Waals surface area (Å²) in [6, 6.07) is 9.45. The zero-order valence-corrected chi connectivity index (χ0v) is 14.7. The Morgan fingerprint density at radius 1 is 0.958 bits per heavy atom. The number of ketones is 1. The number of carboxylic acid groups (broad SMARTS) is 1. The van der Waals surface area contributed by atoms with Crippen LogP contribution in [0.5, 0.6) is 0 Å². The monoisotopic (exact) mass is 330 g/mol. The first-order valence-electron chi connectivity index (χ1n) is 9.15. The summed E-state index contributed by atoms with van der Waals surface area (Å²) in [5.41, 5.74) is 0.905. The Hall–Kier alpha value is -1.90. The van der Waals surface area contributed by atoms with Gasteiger partial charge in [-0.1, -0.05) is 94.7 Å². The van der Waals surface area contributed by atoms with E-state index >= 15 is 0 Å². The molecule has 1 rings (SSSR count). The van der Waals surface area contributed by atoms with Crippen molar-refractivity contribution >= 4 is 17.8 Å². The van der Waals surface area contributed by atoms with Crippen molar-refractivity contribution in [3.05, 3.63) is 42.0 Å². The summed E-state index contributed by atoms with van der Waals surface area (Å²) in [4.78, 5) is 23.5. The van der Waals surface area contributed by atoms with E-state index in [0.29, 0.717) is 6.42 Å². The summed E-state index contributed by atoms with van der Waals surface area (Å²) in [6.07, 6.45) is 12.8. The Morgan fingerprint density at radius 2 is 1.54 bits per heavy atom. The van der Waals surface area contributed by atoms with Gasteiger partial charge in [-0.2, -0.15) is 0 Å². The van der Waals surface area contributed by atoms with E-state index in [2.05, 4.69) is 6.92 Å². The van der Waals surface area contributed by atoms with E-state index < -0.39 is 11.9 Å². The Bertz CT molecular complexity index is 505. The highest BCUT2D eigenvalue weighted by atomic mass is 16.4.